The van der Waals surface area contributed by atoms with Gasteiger partial charge >= 0.3 is 0 Å². The Morgan fingerprint density at radius 1 is 0.929 bits per heavy atom. The van der Waals surface area contributed by atoms with E-state index in [-0.39, 0.29) is 0 Å². The third-order valence-electron chi connectivity index (χ3n) is 6.98. The molecule has 2 heterocycles. The molecule has 1 N–H and O–H groups in total. The lowest BCUT2D eigenvalue weighted by molar-refractivity contribution is 0.0523. The Labute approximate surface area is 176 Å². The van der Waals surface area contributed by atoms with E-state index in [0.29, 0.717) is 6.10 Å². The first-order chi connectivity index (χ1) is 13.3. The van der Waals surface area contributed by atoms with Gasteiger partial charge < -0.3 is 14.8 Å². The molecule has 28 heavy (non-hydrogen) atoms. The second-order valence-electron chi connectivity index (χ2n) is 10.3. The molecule has 3 fully saturated rings. The van der Waals surface area contributed by atoms with Gasteiger partial charge in [0.25, 0.3) is 0 Å². The van der Waals surface area contributed by atoms with Crippen LogP contribution in [0.5, 0.6) is 0 Å². The van der Waals surface area contributed by atoms with Gasteiger partial charge in [-0.3, -0.25) is 0 Å². The third-order valence-corrected chi connectivity index (χ3v) is 6.98. The highest BCUT2D eigenvalue weighted by Crippen LogP contribution is 2.54. The minimum atomic E-state index is 0.494. The quantitative estimate of drug-likeness (QED) is 0.546. The molecule has 0 aromatic heterocycles. The molecule has 3 aliphatic rings. The summed E-state index contributed by atoms with van der Waals surface area (Å²) in [6.45, 7) is 21.1. The number of hydrogen-bond donors (Lipinski definition) is 1. The highest BCUT2D eigenvalue weighted by Gasteiger charge is 2.42. The van der Waals surface area contributed by atoms with Gasteiger partial charge in [0.05, 0.1) is 6.10 Å². The standard InChI is InChI=1S/C9H19NO.C8H16O.C8H16/c1-8(2)6-10-7-9-4-3-5-11-9;1-7(2)8-3-5-9-6-4-8;1-4-8(5-6-8)7(2)3/h8-10H,3-7H2,1-2H3;7-8H,3-6H2,1-2H3;7H,4-6H2,1-3H3. The first kappa shape index (κ1) is 25.9. The van der Waals surface area contributed by atoms with E-state index in [0.717, 1.165) is 62.0 Å². The van der Waals surface area contributed by atoms with Crippen LogP contribution in [0.2, 0.25) is 0 Å². The van der Waals surface area contributed by atoms with E-state index >= 15 is 0 Å². The maximum Gasteiger partial charge on any atom is 0.0700 e. The second-order valence-corrected chi connectivity index (χ2v) is 10.3. The molecule has 0 amide bonds. The molecule has 0 aromatic carbocycles. The number of hydrogen-bond acceptors (Lipinski definition) is 3. The Kier molecular flexibility index (Phi) is 12.9. The summed E-state index contributed by atoms with van der Waals surface area (Å²) in [6.07, 6.45) is 9.90. The van der Waals surface area contributed by atoms with Gasteiger partial charge in [0.1, 0.15) is 0 Å². The summed E-state index contributed by atoms with van der Waals surface area (Å²) in [7, 11) is 0. The van der Waals surface area contributed by atoms with Crippen LogP contribution in [0.1, 0.15) is 93.4 Å². The third kappa shape index (κ3) is 10.6. The molecule has 1 aliphatic carbocycles. The van der Waals surface area contributed by atoms with E-state index in [9.17, 15) is 0 Å². The fourth-order valence-corrected chi connectivity index (χ4v) is 4.22. The second kappa shape index (κ2) is 14.0. The van der Waals surface area contributed by atoms with Crippen LogP contribution in [0.15, 0.2) is 0 Å². The summed E-state index contributed by atoms with van der Waals surface area (Å²) in [5.74, 6) is 3.46. The molecule has 3 rings (SSSR count). The first-order valence-corrected chi connectivity index (χ1v) is 12.2. The molecule has 168 valence electrons. The van der Waals surface area contributed by atoms with Crippen molar-refractivity contribution >= 4 is 0 Å². The molecule has 2 saturated heterocycles. The summed E-state index contributed by atoms with van der Waals surface area (Å²) in [5, 5.41) is 3.40. The zero-order valence-corrected chi connectivity index (χ0v) is 20.2. The molecule has 1 unspecified atom stereocenters. The molecule has 1 atom stereocenters. The number of rotatable bonds is 7. The summed E-state index contributed by atoms with van der Waals surface area (Å²) in [4.78, 5) is 0. The summed E-state index contributed by atoms with van der Waals surface area (Å²) in [6, 6.07) is 0. The lowest BCUT2D eigenvalue weighted by atomic mass is 9.89. The van der Waals surface area contributed by atoms with E-state index in [1.54, 1.807) is 0 Å². The van der Waals surface area contributed by atoms with Crippen molar-refractivity contribution in [3.05, 3.63) is 0 Å². The van der Waals surface area contributed by atoms with Crippen molar-refractivity contribution in [1.82, 2.24) is 5.32 Å². The Morgan fingerprint density at radius 3 is 1.89 bits per heavy atom. The minimum Gasteiger partial charge on any atom is -0.381 e. The van der Waals surface area contributed by atoms with E-state index in [4.69, 9.17) is 9.47 Å². The zero-order valence-electron chi connectivity index (χ0n) is 20.2. The summed E-state index contributed by atoms with van der Waals surface area (Å²) in [5.41, 5.74) is 0.792. The van der Waals surface area contributed by atoms with E-state index < -0.39 is 0 Å². The van der Waals surface area contributed by atoms with Gasteiger partial charge in [-0.2, -0.15) is 0 Å². The lowest BCUT2D eigenvalue weighted by Gasteiger charge is -2.24. The van der Waals surface area contributed by atoms with Gasteiger partial charge in [-0.15, -0.1) is 0 Å². The van der Waals surface area contributed by atoms with Crippen LogP contribution in [0, 0.1) is 29.1 Å². The molecular weight excluding hydrogens is 346 g/mol. The number of nitrogens with one attached hydrogen (secondary N) is 1. The van der Waals surface area contributed by atoms with E-state index in [1.807, 2.05) is 0 Å². The van der Waals surface area contributed by atoms with Crippen LogP contribution in [0.25, 0.3) is 0 Å². The molecule has 0 radical (unpaired) electrons. The fraction of sp³-hybridized carbons (Fsp3) is 1.00. The van der Waals surface area contributed by atoms with Crippen molar-refractivity contribution in [3.63, 3.8) is 0 Å². The molecule has 0 aromatic rings. The highest BCUT2D eigenvalue weighted by atomic mass is 16.5. The molecule has 0 bridgehead atoms. The average molecular weight is 398 g/mol. The van der Waals surface area contributed by atoms with Crippen LogP contribution in [-0.4, -0.2) is 39.0 Å². The largest absolute Gasteiger partial charge is 0.381 e. The van der Waals surface area contributed by atoms with Gasteiger partial charge in [0, 0.05) is 26.4 Å². The predicted molar refractivity (Wildman–Crippen MR) is 122 cm³/mol. The van der Waals surface area contributed by atoms with Gasteiger partial charge in [-0.05, 0) is 74.2 Å². The molecular formula is C25H51NO2. The van der Waals surface area contributed by atoms with Crippen LogP contribution in [0.4, 0.5) is 0 Å². The summed E-state index contributed by atoms with van der Waals surface area (Å²) >= 11 is 0. The van der Waals surface area contributed by atoms with Gasteiger partial charge in [-0.1, -0.05) is 54.9 Å². The normalized spacial score (nSPS) is 24.0. The van der Waals surface area contributed by atoms with Crippen LogP contribution in [0.3, 0.4) is 0 Å². The maximum absolute atomic E-state index is 5.47. The van der Waals surface area contributed by atoms with Crippen molar-refractivity contribution in [2.45, 2.75) is 99.5 Å². The van der Waals surface area contributed by atoms with Gasteiger partial charge in [0.15, 0.2) is 0 Å². The van der Waals surface area contributed by atoms with Crippen molar-refractivity contribution in [2.75, 3.05) is 32.9 Å². The zero-order chi connectivity index (χ0) is 21.0. The Morgan fingerprint density at radius 2 is 1.57 bits per heavy atom. The first-order valence-electron chi connectivity index (χ1n) is 12.2. The minimum absolute atomic E-state index is 0.494. The van der Waals surface area contributed by atoms with Crippen LogP contribution in [-0.2, 0) is 9.47 Å². The fourth-order valence-electron chi connectivity index (χ4n) is 4.22. The molecule has 0 spiro atoms. The van der Waals surface area contributed by atoms with Gasteiger partial charge in [0.2, 0.25) is 0 Å². The predicted octanol–water partition coefficient (Wildman–Crippen LogP) is 6.31. The van der Waals surface area contributed by atoms with Crippen molar-refractivity contribution < 1.29 is 9.47 Å². The monoisotopic (exact) mass is 397 g/mol. The summed E-state index contributed by atoms with van der Waals surface area (Å²) < 4.78 is 10.7. The number of ether oxygens (including phenoxy) is 2. The Bertz CT molecular complexity index is 365. The smallest absolute Gasteiger partial charge is 0.0700 e. The van der Waals surface area contributed by atoms with Crippen molar-refractivity contribution in [1.29, 1.82) is 0 Å². The maximum atomic E-state index is 5.47. The highest BCUT2D eigenvalue weighted by molar-refractivity contribution is 4.93. The SMILES string of the molecule is CC(C)C1CCOCC1.CC(C)CNCC1CCCO1.CCC1(C(C)C)CC1. The van der Waals surface area contributed by atoms with Gasteiger partial charge in [-0.25, -0.2) is 0 Å². The van der Waals surface area contributed by atoms with Crippen LogP contribution >= 0.6 is 0 Å². The Hall–Kier alpha value is -0.120. The molecule has 2 aliphatic heterocycles. The van der Waals surface area contributed by atoms with E-state index in [1.165, 1.54) is 44.9 Å². The topological polar surface area (TPSA) is 30.5 Å². The molecule has 3 heteroatoms. The molecule has 3 nitrogen and oxygen atoms in total. The van der Waals surface area contributed by atoms with Crippen LogP contribution < -0.4 is 5.32 Å². The van der Waals surface area contributed by atoms with Crippen molar-refractivity contribution in [3.8, 4) is 0 Å². The molecule has 1 saturated carbocycles. The lowest BCUT2D eigenvalue weighted by Crippen LogP contribution is -2.29. The van der Waals surface area contributed by atoms with Crippen molar-refractivity contribution in [2.24, 2.45) is 29.1 Å². The Balaban J connectivity index is 0.000000213. The average Bonchev–Trinajstić information content (AvgIpc) is 3.32. The van der Waals surface area contributed by atoms with E-state index in [2.05, 4.69) is 53.8 Å².